The molecule has 2 aromatic rings. The standard InChI is InChI=1S/C12H13N3O2S/c16-11(17)8-2-1-3-9-10(8)14-12(18-9)15-6-4-13-5-7-15/h1-3,13H,4-7H2,(H,16,17). The van der Waals surface area contributed by atoms with Crippen LogP contribution in [-0.2, 0) is 0 Å². The Morgan fingerprint density at radius 1 is 1.39 bits per heavy atom. The highest BCUT2D eigenvalue weighted by Crippen LogP contribution is 2.30. The average Bonchev–Trinajstić information content (AvgIpc) is 2.83. The lowest BCUT2D eigenvalue weighted by Crippen LogP contribution is -2.43. The first kappa shape index (κ1) is 11.4. The van der Waals surface area contributed by atoms with Crippen molar-refractivity contribution in [2.24, 2.45) is 0 Å². The monoisotopic (exact) mass is 263 g/mol. The average molecular weight is 263 g/mol. The van der Waals surface area contributed by atoms with E-state index in [0.29, 0.717) is 5.52 Å². The van der Waals surface area contributed by atoms with Crippen molar-refractivity contribution >= 4 is 32.7 Å². The van der Waals surface area contributed by atoms with Crippen molar-refractivity contribution in [3.63, 3.8) is 0 Å². The van der Waals surface area contributed by atoms with Gasteiger partial charge in [0, 0.05) is 26.2 Å². The molecule has 2 N–H and O–H groups in total. The van der Waals surface area contributed by atoms with Gasteiger partial charge >= 0.3 is 5.97 Å². The van der Waals surface area contributed by atoms with E-state index in [1.165, 1.54) is 0 Å². The van der Waals surface area contributed by atoms with Gasteiger partial charge in [-0.3, -0.25) is 0 Å². The molecule has 1 fully saturated rings. The van der Waals surface area contributed by atoms with Crippen LogP contribution in [0.4, 0.5) is 5.13 Å². The zero-order valence-corrected chi connectivity index (χ0v) is 10.5. The Kier molecular flexibility index (Phi) is 2.89. The summed E-state index contributed by atoms with van der Waals surface area (Å²) in [4.78, 5) is 17.8. The fourth-order valence-corrected chi connectivity index (χ4v) is 3.14. The molecule has 5 nitrogen and oxygen atoms in total. The Bertz CT molecular complexity index is 590. The molecule has 1 aliphatic rings. The van der Waals surface area contributed by atoms with Crippen molar-refractivity contribution in [2.45, 2.75) is 0 Å². The maximum absolute atomic E-state index is 11.1. The normalized spacial score (nSPS) is 16.1. The molecule has 2 heterocycles. The number of aromatic nitrogens is 1. The van der Waals surface area contributed by atoms with Gasteiger partial charge in [0.15, 0.2) is 5.13 Å². The number of nitrogens with zero attached hydrogens (tertiary/aromatic N) is 2. The summed E-state index contributed by atoms with van der Waals surface area (Å²) in [7, 11) is 0. The van der Waals surface area contributed by atoms with E-state index in [-0.39, 0.29) is 5.56 Å². The van der Waals surface area contributed by atoms with Crippen molar-refractivity contribution < 1.29 is 9.90 Å². The summed E-state index contributed by atoms with van der Waals surface area (Å²) in [5.74, 6) is -0.919. The number of nitrogens with one attached hydrogen (secondary N) is 1. The molecule has 0 atom stereocenters. The first-order valence-electron chi connectivity index (χ1n) is 5.84. The minimum absolute atomic E-state index is 0.283. The zero-order valence-electron chi connectivity index (χ0n) is 9.72. The maximum atomic E-state index is 11.1. The van der Waals surface area contributed by atoms with E-state index in [9.17, 15) is 4.79 Å². The zero-order chi connectivity index (χ0) is 12.5. The van der Waals surface area contributed by atoms with Gasteiger partial charge in [-0.15, -0.1) is 0 Å². The van der Waals surface area contributed by atoms with Gasteiger partial charge in [0.25, 0.3) is 0 Å². The van der Waals surface area contributed by atoms with Crippen LogP contribution in [0.15, 0.2) is 18.2 Å². The number of carbonyl (C=O) groups is 1. The van der Waals surface area contributed by atoms with Crippen molar-refractivity contribution in [2.75, 3.05) is 31.1 Å². The Labute approximate surface area is 108 Å². The van der Waals surface area contributed by atoms with Gasteiger partial charge in [-0.1, -0.05) is 17.4 Å². The van der Waals surface area contributed by atoms with Gasteiger partial charge in [0.1, 0.15) is 0 Å². The fraction of sp³-hybridized carbons (Fsp3) is 0.333. The summed E-state index contributed by atoms with van der Waals surface area (Å²) in [6.07, 6.45) is 0. The SMILES string of the molecule is O=C(O)c1cccc2sc(N3CCNCC3)nc12. The summed E-state index contributed by atoms with van der Waals surface area (Å²) < 4.78 is 0.934. The number of thiazole rings is 1. The first-order valence-corrected chi connectivity index (χ1v) is 6.66. The molecule has 6 heteroatoms. The highest BCUT2D eigenvalue weighted by Gasteiger charge is 2.17. The molecule has 1 aliphatic heterocycles. The van der Waals surface area contributed by atoms with E-state index in [2.05, 4.69) is 15.2 Å². The lowest BCUT2D eigenvalue weighted by Gasteiger charge is -2.26. The molecule has 1 aromatic carbocycles. The number of carboxylic acids is 1. The number of carboxylic acid groups (broad SMARTS) is 1. The smallest absolute Gasteiger partial charge is 0.337 e. The van der Waals surface area contributed by atoms with E-state index in [1.54, 1.807) is 23.5 Å². The third-order valence-electron chi connectivity index (χ3n) is 3.03. The molecule has 0 radical (unpaired) electrons. The van der Waals surface area contributed by atoms with Crippen LogP contribution in [0.3, 0.4) is 0 Å². The number of hydrogen-bond donors (Lipinski definition) is 2. The summed E-state index contributed by atoms with van der Waals surface area (Å²) in [6, 6.07) is 5.29. The molecule has 1 aromatic heterocycles. The predicted octanol–water partition coefficient (Wildman–Crippen LogP) is 1.40. The van der Waals surface area contributed by atoms with Gasteiger partial charge in [-0.2, -0.15) is 0 Å². The summed E-state index contributed by atoms with van der Waals surface area (Å²) in [5, 5.41) is 13.3. The second-order valence-electron chi connectivity index (χ2n) is 4.19. The second kappa shape index (κ2) is 4.55. The molecule has 94 valence electrons. The van der Waals surface area contributed by atoms with Gasteiger partial charge in [-0.25, -0.2) is 9.78 Å². The minimum atomic E-state index is -0.919. The van der Waals surface area contributed by atoms with Crippen LogP contribution in [0.25, 0.3) is 10.2 Å². The Morgan fingerprint density at radius 2 is 2.17 bits per heavy atom. The Balaban J connectivity index is 2.04. The maximum Gasteiger partial charge on any atom is 0.337 e. The lowest BCUT2D eigenvalue weighted by atomic mass is 10.2. The summed E-state index contributed by atoms with van der Waals surface area (Å²) in [5.41, 5.74) is 0.883. The second-order valence-corrected chi connectivity index (χ2v) is 5.20. The third kappa shape index (κ3) is 1.93. The molecule has 18 heavy (non-hydrogen) atoms. The lowest BCUT2D eigenvalue weighted by molar-refractivity contribution is 0.0699. The number of benzene rings is 1. The van der Waals surface area contributed by atoms with Gasteiger partial charge in [0.05, 0.1) is 15.8 Å². The quantitative estimate of drug-likeness (QED) is 0.857. The molecule has 0 bridgehead atoms. The van der Waals surface area contributed by atoms with Crippen molar-refractivity contribution in [3.05, 3.63) is 23.8 Å². The van der Waals surface area contributed by atoms with Crippen LogP contribution in [0.1, 0.15) is 10.4 Å². The molecule has 0 amide bonds. The molecule has 0 saturated carbocycles. The molecule has 0 aliphatic carbocycles. The molecular weight excluding hydrogens is 250 g/mol. The van der Waals surface area contributed by atoms with E-state index in [4.69, 9.17) is 5.11 Å². The highest BCUT2D eigenvalue weighted by molar-refractivity contribution is 7.22. The third-order valence-corrected chi connectivity index (χ3v) is 4.11. The van der Waals surface area contributed by atoms with Crippen molar-refractivity contribution in [1.29, 1.82) is 0 Å². The first-order chi connectivity index (χ1) is 8.75. The van der Waals surface area contributed by atoms with Gasteiger partial charge in [-0.05, 0) is 12.1 Å². The number of para-hydroxylation sites is 1. The van der Waals surface area contributed by atoms with Crippen molar-refractivity contribution in [3.8, 4) is 0 Å². The molecule has 0 unspecified atom stereocenters. The summed E-state index contributed by atoms with van der Waals surface area (Å²) in [6.45, 7) is 3.73. The molecule has 1 saturated heterocycles. The van der Waals surface area contributed by atoms with Crippen LogP contribution >= 0.6 is 11.3 Å². The highest BCUT2D eigenvalue weighted by atomic mass is 32.1. The largest absolute Gasteiger partial charge is 0.478 e. The van der Waals surface area contributed by atoms with Crippen molar-refractivity contribution in [1.82, 2.24) is 10.3 Å². The van der Waals surface area contributed by atoms with Gasteiger partial charge < -0.3 is 15.3 Å². The molecular formula is C12H13N3O2S. The van der Waals surface area contributed by atoms with Gasteiger partial charge in [0.2, 0.25) is 0 Å². The number of aromatic carboxylic acids is 1. The van der Waals surface area contributed by atoms with E-state index < -0.39 is 5.97 Å². The molecule has 3 rings (SSSR count). The fourth-order valence-electron chi connectivity index (χ4n) is 2.10. The number of piperazine rings is 1. The van der Waals surface area contributed by atoms with E-state index in [0.717, 1.165) is 36.0 Å². The van der Waals surface area contributed by atoms with E-state index >= 15 is 0 Å². The van der Waals surface area contributed by atoms with Crippen LogP contribution in [0.5, 0.6) is 0 Å². The molecule has 0 spiro atoms. The number of hydrogen-bond acceptors (Lipinski definition) is 5. The van der Waals surface area contributed by atoms with Crippen LogP contribution in [0.2, 0.25) is 0 Å². The van der Waals surface area contributed by atoms with Crippen LogP contribution in [0, 0.1) is 0 Å². The number of fused-ring (bicyclic) bond motifs is 1. The Hall–Kier alpha value is -1.66. The Morgan fingerprint density at radius 3 is 2.89 bits per heavy atom. The van der Waals surface area contributed by atoms with E-state index in [1.807, 2.05) is 6.07 Å². The topological polar surface area (TPSA) is 65.5 Å². The predicted molar refractivity (Wildman–Crippen MR) is 71.7 cm³/mol. The number of rotatable bonds is 2. The van der Waals surface area contributed by atoms with Crippen LogP contribution in [-0.4, -0.2) is 42.2 Å². The van der Waals surface area contributed by atoms with Crippen LogP contribution < -0.4 is 10.2 Å². The minimum Gasteiger partial charge on any atom is -0.478 e. The summed E-state index contributed by atoms with van der Waals surface area (Å²) >= 11 is 1.56. The number of anilines is 1.